The Morgan fingerprint density at radius 2 is 1.86 bits per heavy atom. The van der Waals surface area contributed by atoms with Gasteiger partial charge < -0.3 is 15.8 Å². The first-order valence-corrected chi connectivity index (χ1v) is 7.30. The average Bonchev–Trinajstić information content (AvgIpc) is 2.41. The zero-order valence-electron chi connectivity index (χ0n) is 12.5. The van der Waals surface area contributed by atoms with Gasteiger partial charge in [-0.2, -0.15) is 0 Å². The van der Waals surface area contributed by atoms with E-state index in [0.717, 1.165) is 11.1 Å². The van der Waals surface area contributed by atoms with Gasteiger partial charge in [-0.05, 0) is 43.2 Å². The lowest BCUT2D eigenvalue weighted by atomic mass is 10.1. The number of hydrogen-bond acceptors (Lipinski definition) is 3. The van der Waals surface area contributed by atoms with Gasteiger partial charge in [-0.15, -0.1) is 0 Å². The third kappa shape index (κ3) is 3.29. The number of carbonyl (C=O) groups excluding carboxylic acids is 1. The summed E-state index contributed by atoms with van der Waals surface area (Å²) in [4.78, 5) is 12.5. The Morgan fingerprint density at radius 3 is 2.45 bits per heavy atom. The number of nitrogen functional groups attached to an aromatic ring is 1. The van der Waals surface area contributed by atoms with Crippen LogP contribution in [0.1, 0.15) is 21.5 Å². The fraction of sp³-hybridized carbons (Fsp3) is 0.188. The summed E-state index contributed by atoms with van der Waals surface area (Å²) in [6, 6.07) is 6.75. The van der Waals surface area contributed by atoms with Gasteiger partial charge in [-0.3, -0.25) is 4.79 Å². The SMILES string of the molecule is COc1c(Cl)cc(Cl)cc1C(=O)Nc1c(C)cc(C)cc1N. The molecule has 22 heavy (non-hydrogen) atoms. The Labute approximate surface area is 139 Å². The number of amides is 1. The lowest BCUT2D eigenvalue weighted by Crippen LogP contribution is -2.15. The van der Waals surface area contributed by atoms with Crippen molar-refractivity contribution >= 4 is 40.5 Å². The van der Waals surface area contributed by atoms with Gasteiger partial charge in [0.1, 0.15) is 5.75 Å². The van der Waals surface area contributed by atoms with Crippen molar-refractivity contribution in [2.45, 2.75) is 13.8 Å². The lowest BCUT2D eigenvalue weighted by molar-refractivity contribution is 0.102. The second-order valence-corrected chi connectivity index (χ2v) is 5.81. The van der Waals surface area contributed by atoms with Crippen molar-refractivity contribution < 1.29 is 9.53 Å². The van der Waals surface area contributed by atoms with Crippen molar-refractivity contribution in [1.29, 1.82) is 0 Å². The van der Waals surface area contributed by atoms with E-state index in [4.69, 9.17) is 33.7 Å². The van der Waals surface area contributed by atoms with Gasteiger partial charge in [0.05, 0.1) is 29.1 Å². The van der Waals surface area contributed by atoms with Crippen LogP contribution < -0.4 is 15.8 Å². The summed E-state index contributed by atoms with van der Waals surface area (Å²) in [5.74, 6) is -0.119. The number of hydrogen-bond donors (Lipinski definition) is 2. The molecule has 0 heterocycles. The average molecular weight is 339 g/mol. The van der Waals surface area contributed by atoms with E-state index in [2.05, 4.69) is 5.32 Å². The van der Waals surface area contributed by atoms with Gasteiger partial charge in [-0.25, -0.2) is 0 Å². The number of ether oxygens (including phenoxy) is 1. The highest BCUT2D eigenvalue weighted by molar-refractivity contribution is 6.36. The molecule has 0 bridgehead atoms. The second kappa shape index (κ2) is 6.46. The van der Waals surface area contributed by atoms with Gasteiger partial charge in [0.25, 0.3) is 5.91 Å². The number of methoxy groups -OCH3 is 1. The standard InChI is InChI=1S/C16H16Cl2N2O2/c1-8-4-9(2)14(13(19)5-8)20-16(21)11-6-10(17)7-12(18)15(11)22-3/h4-7H,19H2,1-3H3,(H,20,21). The Hall–Kier alpha value is -1.91. The molecule has 3 N–H and O–H groups in total. The fourth-order valence-electron chi connectivity index (χ4n) is 2.29. The van der Waals surface area contributed by atoms with Gasteiger partial charge in [0.2, 0.25) is 0 Å². The maximum absolute atomic E-state index is 12.5. The van der Waals surface area contributed by atoms with Crippen molar-refractivity contribution in [1.82, 2.24) is 0 Å². The van der Waals surface area contributed by atoms with Crippen molar-refractivity contribution in [2.75, 3.05) is 18.2 Å². The molecule has 0 saturated heterocycles. The summed E-state index contributed by atoms with van der Waals surface area (Å²) in [6.07, 6.45) is 0. The third-order valence-corrected chi connectivity index (χ3v) is 3.70. The summed E-state index contributed by atoms with van der Waals surface area (Å²) in [6.45, 7) is 3.82. The van der Waals surface area contributed by atoms with E-state index in [1.54, 1.807) is 6.07 Å². The Balaban J connectivity index is 2.43. The molecule has 2 aromatic carbocycles. The first-order valence-electron chi connectivity index (χ1n) is 6.54. The molecule has 0 spiro atoms. The molecule has 0 saturated carbocycles. The molecular formula is C16H16Cl2N2O2. The van der Waals surface area contributed by atoms with Crippen LogP contribution in [0.5, 0.6) is 5.75 Å². The minimum Gasteiger partial charge on any atom is -0.494 e. The maximum atomic E-state index is 12.5. The minimum absolute atomic E-state index is 0.249. The monoisotopic (exact) mass is 338 g/mol. The summed E-state index contributed by atoms with van der Waals surface area (Å²) in [5.41, 5.74) is 9.19. The summed E-state index contributed by atoms with van der Waals surface area (Å²) < 4.78 is 5.19. The molecule has 2 aromatic rings. The Bertz CT molecular complexity index is 722. The zero-order valence-corrected chi connectivity index (χ0v) is 14.0. The predicted molar refractivity (Wildman–Crippen MR) is 91.3 cm³/mol. The topological polar surface area (TPSA) is 64.3 Å². The molecule has 6 heteroatoms. The molecular weight excluding hydrogens is 323 g/mol. The van der Waals surface area contributed by atoms with Crippen molar-refractivity contribution in [3.8, 4) is 5.75 Å². The molecule has 0 fully saturated rings. The number of halogens is 2. The lowest BCUT2D eigenvalue weighted by Gasteiger charge is -2.15. The molecule has 0 aliphatic carbocycles. The van der Waals surface area contributed by atoms with E-state index >= 15 is 0 Å². The number of carbonyl (C=O) groups is 1. The van der Waals surface area contributed by atoms with Crippen LogP contribution in [-0.4, -0.2) is 13.0 Å². The zero-order chi connectivity index (χ0) is 16.4. The number of anilines is 2. The molecule has 116 valence electrons. The molecule has 1 amide bonds. The van der Waals surface area contributed by atoms with E-state index in [9.17, 15) is 4.79 Å². The van der Waals surface area contributed by atoms with Gasteiger partial charge in [0, 0.05) is 5.02 Å². The van der Waals surface area contributed by atoms with Gasteiger partial charge in [-0.1, -0.05) is 29.3 Å². The van der Waals surface area contributed by atoms with Crippen LogP contribution in [0, 0.1) is 13.8 Å². The van der Waals surface area contributed by atoms with Crippen LogP contribution in [0.25, 0.3) is 0 Å². The van der Waals surface area contributed by atoms with Crippen LogP contribution in [0.2, 0.25) is 10.0 Å². The van der Waals surface area contributed by atoms with Crippen LogP contribution >= 0.6 is 23.2 Å². The van der Waals surface area contributed by atoms with E-state index < -0.39 is 0 Å². The summed E-state index contributed by atoms with van der Waals surface area (Å²) in [5, 5.41) is 3.41. The Morgan fingerprint density at radius 1 is 1.18 bits per heavy atom. The van der Waals surface area contributed by atoms with Crippen molar-refractivity contribution in [2.24, 2.45) is 0 Å². The summed E-state index contributed by atoms with van der Waals surface area (Å²) in [7, 11) is 1.44. The van der Waals surface area contributed by atoms with E-state index in [-0.39, 0.29) is 22.2 Å². The van der Waals surface area contributed by atoms with E-state index in [1.807, 2.05) is 19.9 Å². The molecule has 0 atom stereocenters. The van der Waals surface area contributed by atoms with Gasteiger partial charge >= 0.3 is 0 Å². The van der Waals surface area contributed by atoms with E-state index in [0.29, 0.717) is 16.4 Å². The molecule has 2 rings (SSSR count). The Kier molecular flexibility index (Phi) is 4.84. The molecule has 0 aromatic heterocycles. The number of nitrogens with two attached hydrogens (primary N) is 1. The van der Waals surface area contributed by atoms with Crippen LogP contribution in [-0.2, 0) is 0 Å². The maximum Gasteiger partial charge on any atom is 0.259 e. The largest absolute Gasteiger partial charge is 0.494 e. The van der Waals surface area contributed by atoms with Crippen molar-refractivity contribution in [3.63, 3.8) is 0 Å². The minimum atomic E-state index is -0.389. The highest BCUT2D eigenvalue weighted by atomic mass is 35.5. The molecule has 0 unspecified atom stereocenters. The highest BCUT2D eigenvalue weighted by Crippen LogP contribution is 2.33. The third-order valence-electron chi connectivity index (χ3n) is 3.21. The molecule has 0 radical (unpaired) electrons. The normalized spacial score (nSPS) is 10.4. The first-order chi connectivity index (χ1) is 10.3. The number of nitrogens with one attached hydrogen (secondary N) is 1. The van der Waals surface area contributed by atoms with Gasteiger partial charge in [0.15, 0.2) is 0 Å². The fourth-order valence-corrected chi connectivity index (χ4v) is 2.86. The smallest absolute Gasteiger partial charge is 0.259 e. The van der Waals surface area contributed by atoms with Crippen LogP contribution in [0.15, 0.2) is 24.3 Å². The summed E-state index contributed by atoms with van der Waals surface area (Å²) >= 11 is 12.0. The van der Waals surface area contributed by atoms with Crippen LogP contribution in [0.4, 0.5) is 11.4 Å². The first kappa shape index (κ1) is 16.5. The molecule has 0 aliphatic heterocycles. The predicted octanol–water partition coefficient (Wildman–Crippen LogP) is 4.45. The quantitative estimate of drug-likeness (QED) is 0.812. The van der Waals surface area contributed by atoms with E-state index in [1.165, 1.54) is 19.2 Å². The number of rotatable bonds is 3. The second-order valence-electron chi connectivity index (χ2n) is 4.97. The molecule has 4 nitrogen and oxygen atoms in total. The highest BCUT2D eigenvalue weighted by Gasteiger charge is 2.18. The number of aryl methyl sites for hydroxylation is 2. The van der Waals surface area contributed by atoms with Crippen LogP contribution in [0.3, 0.4) is 0 Å². The van der Waals surface area contributed by atoms with Crippen molar-refractivity contribution in [3.05, 3.63) is 51.0 Å². The molecule has 0 aliphatic rings. The number of benzene rings is 2.